The normalized spacial score (nSPS) is 19.8. The van der Waals surface area contributed by atoms with Gasteiger partial charge in [-0.2, -0.15) is 0 Å². The third kappa shape index (κ3) is 2.69. The summed E-state index contributed by atoms with van der Waals surface area (Å²) >= 11 is 0. The van der Waals surface area contributed by atoms with Gasteiger partial charge in [-0.25, -0.2) is 4.79 Å². The van der Waals surface area contributed by atoms with Gasteiger partial charge < -0.3 is 20.3 Å². The van der Waals surface area contributed by atoms with Gasteiger partial charge in [0.15, 0.2) is 0 Å². The number of benzene rings is 1. The first-order chi connectivity index (χ1) is 10.6. The van der Waals surface area contributed by atoms with Gasteiger partial charge in [0.2, 0.25) is 0 Å². The number of aromatic nitrogens is 1. The minimum Gasteiger partial charge on any atom is -0.390 e. The Labute approximate surface area is 128 Å². The molecule has 1 aliphatic rings. The molecule has 2 amide bonds. The zero-order valence-electron chi connectivity index (χ0n) is 12.6. The van der Waals surface area contributed by atoms with Crippen LogP contribution in [0, 0.1) is 13.8 Å². The number of fused-ring (bicyclic) bond motifs is 1. The molecule has 0 saturated heterocycles. The second-order valence-electron chi connectivity index (χ2n) is 5.58. The smallest absolute Gasteiger partial charge is 0.315 e. The van der Waals surface area contributed by atoms with Crippen LogP contribution < -0.4 is 10.6 Å². The van der Waals surface area contributed by atoms with Crippen LogP contribution in [-0.4, -0.2) is 22.4 Å². The molecular formula is C16H19N3O3. The van der Waals surface area contributed by atoms with E-state index < -0.39 is 6.10 Å². The van der Waals surface area contributed by atoms with Crippen molar-refractivity contribution in [2.75, 3.05) is 0 Å². The van der Waals surface area contributed by atoms with Gasteiger partial charge in [0.25, 0.3) is 0 Å². The SMILES string of the molecule is Cc1noc(C)c1CNC(=O)N[C@@H]1c2ccccc2C[C@@H]1O. The molecule has 3 rings (SSSR count). The lowest BCUT2D eigenvalue weighted by Crippen LogP contribution is -2.40. The Hall–Kier alpha value is -2.34. The molecule has 1 heterocycles. The minimum absolute atomic E-state index is 0.319. The lowest BCUT2D eigenvalue weighted by Gasteiger charge is -2.18. The van der Waals surface area contributed by atoms with Crippen molar-refractivity contribution in [3.05, 3.63) is 52.4 Å². The van der Waals surface area contributed by atoms with Gasteiger partial charge >= 0.3 is 6.03 Å². The van der Waals surface area contributed by atoms with Crippen LogP contribution in [0.25, 0.3) is 0 Å². The lowest BCUT2D eigenvalue weighted by molar-refractivity contribution is 0.142. The maximum atomic E-state index is 12.1. The number of nitrogens with zero attached hydrogens (tertiary/aromatic N) is 1. The topological polar surface area (TPSA) is 87.4 Å². The van der Waals surface area contributed by atoms with Crippen molar-refractivity contribution in [2.24, 2.45) is 0 Å². The van der Waals surface area contributed by atoms with Crippen molar-refractivity contribution >= 4 is 6.03 Å². The molecular weight excluding hydrogens is 282 g/mol. The van der Waals surface area contributed by atoms with Gasteiger partial charge in [0.05, 0.1) is 17.8 Å². The second-order valence-corrected chi connectivity index (χ2v) is 5.58. The van der Waals surface area contributed by atoms with Gasteiger partial charge in [-0.05, 0) is 25.0 Å². The molecule has 2 aromatic rings. The van der Waals surface area contributed by atoms with Gasteiger partial charge in [-0.3, -0.25) is 0 Å². The Bertz CT molecular complexity index is 676. The molecule has 6 heteroatoms. The van der Waals surface area contributed by atoms with E-state index in [1.807, 2.05) is 38.1 Å². The van der Waals surface area contributed by atoms with Crippen molar-refractivity contribution in [2.45, 2.75) is 39.0 Å². The average molecular weight is 301 g/mol. The number of carbonyl (C=O) groups is 1. The minimum atomic E-state index is -0.595. The fourth-order valence-corrected chi connectivity index (χ4v) is 2.86. The largest absolute Gasteiger partial charge is 0.390 e. The first kappa shape index (κ1) is 14.6. The summed E-state index contributed by atoms with van der Waals surface area (Å²) in [6.45, 7) is 3.99. The molecule has 22 heavy (non-hydrogen) atoms. The molecule has 3 N–H and O–H groups in total. The second kappa shape index (κ2) is 5.81. The molecule has 1 aromatic carbocycles. The third-order valence-corrected chi connectivity index (χ3v) is 4.10. The summed E-state index contributed by atoms with van der Waals surface area (Å²) in [5.74, 6) is 0.698. The monoisotopic (exact) mass is 301 g/mol. The van der Waals surface area contributed by atoms with E-state index in [4.69, 9.17) is 4.52 Å². The number of aryl methyl sites for hydroxylation is 2. The van der Waals surface area contributed by atoms with Gasteiger partial charge in [0.1, 0.15) is 5.76 Å². The molecule has 1 aliphatic carbocycles. The summed E-state index contributed by atoms with van der Waals surface area (Å²) in [7, 11) is 0. The van der Waals surface area contributed by atoms with Crippen LogP contribution in [0.5, 0.6) is 0 Å². The zero-order valence-corrected chi connectivity index (χ0v) is 12.6. The molecule has 0 unspecified atom stereocenters. The van der Waals surface area contributed by atoms with Gasteiger partial charge in [-0.1, -0.05) is 29.4 Å². The van der Waals surface area contributed by atoms with Crippen LogP contribution in [0.1, 0.15) is 34.2 Å². The van der Waals surface area contributed by atoms with Crippen LogP contribution in [0.2, 0.25) is 0 Å². The maximum absolute atomic E-state index is 12.1. The molecule has 0 fully saturated rings. The van der Waals surface area contributed by atoms with Crippen molar-refractivity contribution < 1.29 is 14.4 Å². The molecule has 0 aliphatic heterocycles. The van der Waals surface area contributed by atoms with E-state index in [9.17, 15) is 9.90 Å². The summed E-state index contributed by atoms with van der Waals surface area (Å²) in [6.07, 6.45) is -0.0347. The highest BCUT2D eigenvalue weighted by Gasteiger charge is 2.31. The Morgan fingerprint density at radius 3 is 2.91 bits per heavy atom. The van der Waals surface area contributed by atoms with Crippen molar-refractivity contribution in [1.82, 2.24) is 15.8 Å². The highest BCUT2D eigenvalue weighted by Crippen LogP contribution is 2.31. The number of aliphatic hydroxyl groups is 1. The predicted octanol–water partition coefficient (Wildman–Crippen LogP) is 1.75. The van der Waals surface area contributed by atoms with E-state index in [2.05, 4.69) is 15.8 Å². The van der Waals surface area contributed by atoms with E-state index in [0.717, 1.165) is 22.4 Å². The number of hydrogen-bond donors (Lipinski definition) is 3. The van der Waals surface area contributed by atoms with E-state index in [1.165, 1.54) is 0 Å². The van der Waals surface area contributed by atoms with Crippen molar-refractivity contribution in [3.8, 4) is 0 Å². The average Bonchev–Trinajstić information content (AvgIpc) is 2.98. The Morgan fingerprint density at radius 2 is 2.18 bits per heavy atom. The van der Waals surface area contributed by atoms with E-state index in [0.29, 0.717) is 18.7 Å². The Kier molecular flexibility index (Phi) is 3.85. The van der Waals surface area contributed by atoms with Gasteiger partial charge in [-0.15, -0.1) is 0 Å². The summed E-state index contributed by atoms with van der Waals surface area (Å²) in [5.41, 5.74) is 3.69. The maximum Gasteiger partial charge on any atom is 0.315 e. The Balaban J connectivity index is 1.63. The van der Waals surface area contributed by atoms with Crippen LogP contribution in [-0.2, 0) is 13.0 Å². The quantitative estimate of drug-likeness (QED) is 0.806. The molecule has 0 spiro atoms. The van der Waals surface area contributed by atoms with Crippen LogP contribution in [0.3, 0.4) is 0 Å². The van der Waals surface area contributed by atoms with Crippen molar-refractivity contribution in [3.63, 3.8) is 0 Å². The van der Waals surface area contributed by atoms with E-state index in [1.54, 1.807) is 0 Å². The molecule has 116 valence electrons. The van der Waals surface area contributed by atoms with E-state index >= 15 is 0 Å². The fraction of sp³-hybridized carbons (Fsp3) is 0.375. The number of amides is 2. The third-order valence-electron chi connectivity index (χ3n) is 4.10. The first-order valence-corrected chi connectivity index (χ1v) is 7.28. The van der Waals surface area contributed by atoms with Gasteiger partial charge in [0, 0.05) is 18.5 Å². The van der Waals surface area contributed by atoms with Crippen LogP contribution in [0.4, 0.5) is 4.79 Å². The molecule has 0 radical (unpaired) electrons. The fourth-order valence-electron chi connectivity index (χ4n) is 2.86. The number of hydrogen-bond acceptors (Lipinski definition) is 4. The highest BCUT2D eigenvalue weighted by molar-refractivity contribution is 5.74. The molecule has 2 atom stereocenters. The predicted molar refractivity (Wildman–Crippen MR) is 80.2 cm³/mol. The number of carbonyl (C=O) groups excluding carboxylic acids is 1. The Morgan fingerprint density at radius 1 is 1.41 bits per heavy atom. The molecule has 0 bridgehead atoms. The summed E-state index contributed by atoms with van der Waals surface area (Å²) in [5, 5.41) is 19.6. The van der Waals surface area contributed by atoms with Crippen molar-refractivity contribution in [1.29, 1.82) is 0 Å². The summed E-state index contributed by atoms with van der Waals surface area (Å²) in [6, 6.07) is 7.06. The molecule has 0 saturated carbocycles. The van der Waals surface area contributed by atoms with Crippen LogP contribution in [0.15, 0.2) is 28.8 Å². The van der Waals surface area contributed by atoms with Crippen LogP contribution >= 0.6 is 0 Å². The highest BCUT2D eigenvalue weighted by atomic mass is 16.5. The molecule has 1 aromatic heterocycles. The lowest BCUT2D eigenvalue weighted by atomic mass is 10.1. The van der Waals surface area contributed by atoms with E-state index in [-0.39, 0.29) is 12.1 Å². The number of rotatable bonds is 3. The summed E-state index contributed by atoms with van der Waals surface area (Å²) in [4.78, 5) is 12.1. The first-order valence-electron chi connectivity index (χ1n) is 7.28. The number of aliphatic hydroxyl groups excluding tert-OH is 1. The summed E-state index contributed by atoms with van der Waals surface area (Å²) < 4.78 is 5.06. The number of nitrogens with one attached hydrogen (secondary N) is 2. The zero-order chi connectivity index (χ0) is 15.7. The molecule has 6 nitrogen and oxygen atoms in total. The standard InChI is InChI=1S/C16H19N3O3/c1-9-13(10(2)22-19-9)8-17-16(21)18-15-12-6-4-3-5-11(12)7-14(15)20/h3-6,14-15,20H,7-8H2,1-2H3,(H2,17,18,21)/t14-,15+/m0/s1. The number of urea groups is 1.